The summed E-state index contributed by atoms with van der Waals surface area (Å²) < 4.78 is 0. The Bertz CT molecular complexity index is 350. The number of carboxylic acid groups (broad SMARTS) is 1. The third-order valence-electron chi connectivity index (χ3n) is 3.31. The normalized spacial score (nSPS) is 18.0. The number of H-pyrrole nitrogens is 1. The van der Waals surface area contributed by atoms with Gasteiger partial charge in [-0.15, -0.1) is 0 Å². The third kappa shape index (κ3) is 4.72. The Morgan fingerprint density at radius 1 is 1.50 bits per heavy atom. The van der Waals surface area contributed by atoms with Crippen molar-refractivity contribution in [1.82, 2.24) is 15.3 Å². The summed E-state index contributed by atoms with van der Waals surface area (Å²) in [6, 6.07) is -0.312. The number of carbonyl (C=O) groups excluding carboxylic acids is 1. The molecule has 6 heteroatoms. The van der Waals surface area contributed by atoms with E-state index in [4.69, 9.17) is 0 Å². The quantitative estimate of drug-likeness (QED) is 0.552. The van der Waals surface area contributed by atoms with E-state index in [0.717, 1.165) is 18.5 Å². The zero-order valence-corrected chi connectivity index (χ0v) is 12.8. The summed E-state index contributed by atoms with van der Waals surface area (Å²) in [7, 11) is 0. The van der Waals surface area contributed by atoms with Gasteiger partial charge >= 0.3 is 29.6 Å². The van der Waals surface area contributed by atoms with Crippen LogP contribution in [0.2, 0.25) is 0 Å². The Kier molecular flexibility index (Phi) is 6.92. The van der Waals surface area contributed by atoms with Crippen LogP contribution in [-0.2, 0) is 11.2 Å². The molecule has 0 bridgehead atoms. The molecule has 5 nitrogen and oxygen atoms in total. The molecule has 1 aromatic rings. The molecule has 0 spiro atoms. The molecule has 2 N–H and O–H groups in total. The van der Waals surface area contributed by atoms with Crippen LogP contribution in [0.15, 0.2) is 12.5 Å². The predicted octanol–water partition coefficient (Wildman–Crippen LogP) is -3.00. The molecule has 0 aliphatic heterocycles. The topological polar surface area (TPSA) is 80.8 Å². The van der Waals surface area contributed by atoms with Crippen LogP contribution < -0.4 is 40.0 Å². The van der Waals surface area contributed by atoms with E-state index in [9.17, 15) is 9.90 Å². The number of nitrogens with one attached hydrogen (secondary N) is 2. The maximum absolute atomic E-state index is 11.1. The Balaban J connectivity index is 0.00000162. The molecule has 1 aromatic heterocycles. The summed E-state index contributed by atoms with van der Waals surface area (Å²) in [5.41, 5.74) is 0.822. The first kappa shape index (κ1) is 15.7. The van der Waals surface area contributed by atoms with Crippen LogP contribution in [0.1, 0.15) is 37.8 Å². The first-order valence-corrected chi connectivity index (χ1v) is 6.20. The summed E-state index contributed by atoms with van der Waals surface area (Å²) in [5, 5.41) is 14.3. The number of rotatable bonds is 5. The zero-order valence-electron chi connectivity index (χ0n) is 10.8. The summed E-state index contributed by atoms with van der Waals surface area (Å²) in [4.78, 5) is 17.9. The maximum Gasteiger partial charge on any atom is 1.00 e. The molecular formula is C12H18N3NaO2. The Morgan fingerprint density at radius 2 is 2.22 bits per heavy atom. The van der Waals surface area contributed by atoms with Crippen molar-refractivity contribution in [2.75, 3.05) is 0 Å². The summed E-state index contributed by atoms with van der Waals surface area (Å²) >= 11 is 0. The van der Waals surface area contributed by atoms with Crippen LogP contribution in [0.25, 0.3) is 0 Å². The van der Waals surface area contributed by atoms with Gasteiger partial charge in [0.15, 0.2) is 0 Å². The Hall–Kier alpha value is -0.360. The van der Waals surface area contributed by atoms with Crippen molar-refractivity contribution in [1.29, 1.82) is 0 Å². The van der Waals surface area contributed by atoms with Crippen LogP contribution in [0.4, 0.5) is 0 Å². The van der Waals surface area contributed by atoms with Gasteiger partial charge in [0.25, 0.3) is 0 Å². The number of nitrogens with zero attached hydrogens (tertiary/aromatic N) is 1. The average molecular weight is 259 g/mol. The molecule has 0 radical (unpaired) electrons. The molecule has 18 heavy (non-hydrogen) atoms. The molecule has 1 saturated carbocycles. The molecule has 0 aromatic carbocycles. The van der Waals surface area contributed by atoms with E-state index in [-0.39, 0.29) is 29.6 Å². The number of aromatic nitrogens is 2. The molecule has 0 saturated heterocycles. The van der Waals surface area contributed by atoms with Gasteiger partial charge in [-0.25, -0.2) is 4.98 Å². The average Bonchev–Trinajstić information content (AvgIpc) is 2.82. The number of carboxylic acids is 1. The molecule has 1 aliphatic rings. The van der Waals surface area contributed by atoms with Crippen LogP contribution in [0.3, 0.4) is 0 Å². The number of hydrogen-bond donors (Lipinski definition) is 2. The second-order valence-corrected chi connectivity index (χ2v) is 4.65. The van der Waals surface area contributed by atoms with E-state index in [1.165, 1.54) is 19.3 Å². The summed E-state index contributed by atoms with van der Waals surface area (Å²) in [5.74, 6) is -1.04. The van der Waals surface area contributed by atoms with Crippen molar-refractivity contribution in [3.8, 4) is 0 Å². The van der Waals surface area contributed by atoms with Crippen molar-refractivity contribution >= 4 is 5.97 Å². The van der Waals surface area contributed by atoms with Crippen LogP contribution in [0.5, 0.6) is 0 Å². The van der Waals surface area contributed by atoms with Crippen molar-refractivity contribution in [3.63, 3.8) is 0 Å². The van der Waals surface area contributed by atoms with E-state index in [0.29, 0.717) is 12.5 Å². The molecule has 2 rings (SSSR count). The molecule has 0 amide bonds. The largest absolute Gasteiger partial charge is 1.00 e. The SMILES string of the molecule is O=C([O-])[C@H](Cc1cnc[nH]1)NC1CCCCC1.[Na+]. The molecule has 1 aliphatic carbocycles. The van der Waals surface area contributed by atoms with Gasteiger partial charge in [0.1, 0.15) is 0 Å². The number of aliphatic carboxylic acids is 1. The molecule has 1 atom stereocenters. The van der Waals surface area contributed by atoms with Gasteiger partial charge in [0.05, 0.1) is 18.3 Å². The number of hydrogen-bond acceptors (Lipinski definition) is 4. The van der Waals surface area contributed by atoms with Gasteiger partial charge in [0.2, 0.25) is 0 Å². The van der Waals surface area contributed by atoms with Gasteiger partial charge < -0.3 is 20.2 Å². The fourth-order valence-corrected chi connectivity index (χ4v) is 2.38. The number of carbonyl (C=O) groups is 1. The van der Waals surface area contributed by atoms with Crippen molar-refractivity contribution in [2.24, 2.45) is 0 Å². The second-order valence-electron chi connectivity index (χ2n) is 4.65. The Morgan fingerprint density at radius 3 is 2.78 bits per heavy atom. The van der Waals surface area contributed by atoms with Gasteiger partial charge in [-0.1, -0.05) is 19.3 Å². The predicted molar refractivity (Wildman–Crippen MR) is 61.1 cm³/mol. The molecule has 1 fully saturated rings. The number of aromatic amines is 1. The Labute approximate surface area is 129 Å². The van der Waals surface area contributed by atoms with Crippen LogP contribution in [0, 0.1) is 0 Å². The van der Waals surface area contributed by atoms with Gasteiger partial charge in [-0.2, -0.15) is 0 Å². The smallest absolute Gasteiger partial charge is 0.548 e. The maximum atomic E-state index is 11.1. The molecule has 94 valence electrons. The summed E-state index contributed by atoms with van der Waals surface area (Å²) in [6.45, 7) is 0. The van der Waals surface area contributed by atoms with Crippen LogP contribution in [-0.4, -0.2) is 28.0 Å². The van der Waals surface area contributed by atoms with E-state index in [1.54, 1.807) is 12.5 Å². The zero-order chi connectivity index (χ0) is 12.1. The fraction of sp³-hybridized carbons (Fsp3) is 0.667. The molecule has 0 unspecified atom stereocenters. The van der Waals surface area contributed by atoms with Crippen molar-refractivity contribution in [2.45, 2.75) is 50.6 Å². The van der Waals surface area contributed by atoms with E-state index in [2.05, 4.69) is 15.3 Å². The monoisotopic (exact) mass is 259 g/mol. The number of imidazole rings is 1. The third-order valence-corrected chi connectivity index (χ3v) is 3.31. The molecule has 1 heterocycles. The standard InChI is InChI=1S/C12H19N3O2.Na/c16-12(17)11(6-10-7-13-8-14-10)15-9-4-2-1-3-5-9;/h7-9,11,15H,1-6H2,(H,13,14)(H,16,17);/q;+1/p-1/t11-;/m0./s1. The van der Waals surface area contributed by atoms with Gasteiger partial charge in [0, 0.05) is 24.4 Å². The van der Waals surface area contributed by atoms with E-state index >= 15 is 0 Å². The minimum absolute atomic E-state index is 0. The fourth-order valence-electron chi connectivity index (χ4n) is 2.38. The van der Waals surface area contributed by atoms with Gasteiger partial charge in [-0.3, -0.25) is 0 Å². The van der Waals surface area contributed by atoms with Crippen molar-refractivity contribution in [3.05, 3.63) is 18.2 Å². The van der Waals surface area contributed by atoms with E-state index in [1.807, 2.05) is 0 Å². The first-order valence-electron chi connectivity index (χ1n) is 6.20. The summed E-state index contributed by atoms with van der Waals surface area (Å²) in [6.07, 6.45) is 9.36. The van der Waals surface area contributed by atoms with Crippen molar-refractivity contribution < 1.29 is 39.5 Å². The minimum atomic E-state index is -1.04. The van der Waals surface area contributed by atoms with Crippen LogP contribution >= 0.6 is 0 Å². The van der Waals surface area contributed by atoms with Gasteiger partial charge in [-0.05, 0) is 12.8 Å². The van der Waals surface area contributed by atoms with E-state index < -0.39 is 12.0 Å². The minimum Gasteiger partial charge on any atom is -0.548 e. The first-order chi connectivity index (χ1) is 8.25. The second kappa shape index (κ2) is 7.94. The molecular weight excluding hydrogens is 241 g/mol.